The summed E-state index contributed by atoms with van der Waals surface area (Å²) in [6.45, 7) is -0.200. The number of Topliss-reactive ketones (excluding diaryl/α,β-unsaturated/α-hetero) is 1. The van der Waals surface area contributed by atoms with Gasteiger partial charge in [-0.3, -0.25) is 9.59 Å². The van der Waals surface area contributed by atoms with Crippen LogP contribution in [0.2, 0.25) is 5.02 Å². The lowest BCUT2D eigenvalue weighted by atomic mass is 10.1. The van der Waals surface area contributed by atoms with Crippen LogP contribution >= 0.6 is 11.6 Å². The third-order valence-electron chi connectivity index (χ3n) is 2.69. The second-order valence-electron chi connectivity index (χ2n) is 4.09. The van der Waals surface area contributed by atoms with Crippen LogP contribution in [-0.4, -0.2) is 18.2 Å². The van der Waals surface area contributed by atoms with Crippen LogP contribution in [0.4, 0.5) is 4.39 Å². The molecule has 0 unspecified atom stereocenters. The molecule has 0 saturated carbocycles. The third-order valence-corrected chi connectivity index (χ3v) is 2.95. The predicted molar refractivity (Wildman–Crippen MR) is 74.5 cm³/mol. The second-order valence-corrected chi connectivity index (χ2v) is 4.53. The first kappa shape index (κ1) is 14.2. The van der Waals surface area contributed by atoms with Crippen molar-refractivity contribution in [1.82, 2.24) is 5.32 Å². The lowest BCUT2D eigenvalue weighted by Gasteiger charge is -2.05. The van der Waals surface area contributed by atoms with Gasteiger partial charge >= 0.3 is 0 Å². The van der Waals surface area contributed by atoms with Crippen LogP contribution in [0.3, 0.4) is 0 Å². The van der Waals surface area contributed by atoms with Crippen molar-refractivity contribution in [2.45, 2.75) is 0 Å². The molecule has 0 aromatic heterocycles. The summed E-state index contributed by atoms with van der Waals surface area (Å²) in [5, 5.41) is 2.92. The van der Waals surface area contributed by atoms with Gasteiger partial charge in [-0.1, -0.05) is 23.7 Å². The van der Waals surface area contributed by atoms with E-state index in [0.717, 1.165) is 0 Å². The number of halogens is 2. The lowest BCUT2D eigenvalue weighted by Crippen LogP contribution is -2.30. The Kier molecular flexibility index (Phi) is 4.48. The number of amides is 1. The van der Waals surface area contributed by atoms with Crippen LogP contribution in [-0.2, 0) is 0 Å². The Morgan fingerprint density at radius 2 is 1.70 bits per heavy atom. The quantitative estimate of drug-likeness (QED) is 0.880. The summed E-state index contributed by atoms with van der Waals surface area (Å²) in [7, 11) is 0. The Morgan fingerprint density at radius 3 is 2.35 bits per heavy atom. The van der Waals surface area contributed by atoms with Gasteiger partial charge < -0.3 is 5.32 Å². The molecule has 102 valence electrons. The van der Waals surface area contributed by atoms with Crippen LogP contribution in [0.25, 0.3) is 0 Å². The molecular formula is C15H11ClFNO2. The maximum absolute atomic E-state index is 13.4. The van der Waals surface area contributed by atoms with E-state index in [2.05, 4.69) is 5.32 Å². The van der Waals surface area contributed by atoms with Crippen molar-refractivity contribution in [3.8, 4) is 0 Å². The van der Waals surface area contributed by atoms with Gasteiger partial charge in [0.1, 0.15) is 5.82 Å². The minimum absolute atomic E-state index is 0.0867. The molecule has 0 spiro atoms. The summed E-state index contributed by atoms with van der Waals surface area (Å²) < 4.78 is 13.4. The molecule has 3 nitrogen and oxygen atoms in total. The van der Waals surface area contributed by atoms with Crippen LogP contribution in [0.15, 0.2) is 48.5 Å². The molecule has 0 heterocycles. The summed E-state index contributed by atoms with van der Waals surface area (Å²) in [6.07, 6.45) is 0. The Labute approximate surface area is 120 Å². The zero-order chi connectivity index (χ0) is 14.5. The molecule has 1 amide bonds. The number of carbonyl (C=O) groups is 2. The zero-order valence-electron chi connectivity index (χ0n) is 10.4. The molecule has 0 bridgehead atoms. The largest absolute Gasteiger partial charge is 0.344 e. The summed E-state index contributed by atoms with van der Waals surface area (Å²) in [5.74, 6) is -1.51. The molecule has 0 radical (unpaired) electrons. The minimum atomic E-state index is -0.621. The van der Waals surface area contributed by atoms with Crippen molar-refractivity contribution < 1.29 is 14.0 Å². The number of benzene rings is 2. The first-order valence-electron chi connectivity index (χ1n) is 5.89. The molecule has 5 heteroatoms. The highest BCUT2D eigenvalue weighted by atomic mass is 35.5. The smallest absolute Gasteiger partial charge is 0.254 e. The first-order valence-corrected chi connectivity index (χ1v) is 6.27. The standard InChI is InChI=1S/C15H11ClFNO2/c16-11-7-5-10(6-8-11)14(19)9-18-15(20)12-3-1-2-4-13(12)17/h1-8H,9H2,(H,18,20). The van der Waals surface area contributed by atoms with Crippen molar-refractivity contribution in [3.63, 3.8) is 0 Å². The van der Waals surface area contributed by atoms with Gasteiger partial charge in [0.25, 0.3) is 5.91 Å². The number of rotatable bonds is 4. The van der Waals surface area contributed by atoms with Crippen molar-refractivity contribution >= 4 is 23.3 Å². The third kappa shape index (κ3) is 3.42. The number of ketones is 1. The average molecular weight is 292 g/mol. The van der Waals surface area contributed by atoms with Gasteiger partial charge in [0.05, 0.1) is 12.1 Å². The van der Waals surface area contributed by atoms with E-state index in [1.54, 1.807) is 30.3 Å². The number of carbonyl (C=O) groups excluding carboxylic acids is 2. The van der Waals surface area contributed by atoms with E-state index < -0.39 is 11.7 Å². The van der Waals surface area contributed by atoms with Gasteiger partial charge in [-0.15, -0.1) is 0 Å². The summed E-state index contributed by atoms with van der Waals surface area (Å²) in [6, 6.07) is 11.9. The fraction of sp³-hybridized carbons (Fsp3) is 0.0667. The van der Waals surface area contributed by atoms with Gasteiger partial charge in [0.2, 0.25) is 0 Å². The Balaban J connectivity index is 1.99. The van der Waals surface area contributed by atoms with Gasteiger partial charge in [0, 0.05) is 10.6 Å². The van der Waals surface area contributed by atoms with E-state index in [1.165, 1.54) is 18.2 Å². The molecule has 2 rings (SSSR count). The Hall–Kier alpha value is -2.20. The predicted octanol–water partition coefficient (Wildman–Crippen LogP) is 3.09. The molecular weight excluding hydrogens is 281 g/mol. The maximum atomic E-state index is 13.4. The molecule has 2 aromatic rings. The number of hydrogen-bond donors (Lipinski definition) is 1. The van der Waals surface area contributed by atoms with Crippen molar-refractivity contribution in [1.29, 1.82) is 0 Å². The highest BCUT2D eigenvalue weighted by Crippen LogP contribution is 2.10. The fourth-order valence-electron chi connectivity index (χ4n) is 1.64. The van der Waals surface area contributed by atoms with E-state index in [9.17, 15) is 14.0 Å². The fourth-order valence-corrected chi connectivity index (χ4v) is 1.76. The van der Waals surface area contributed by atoms with E-state index in [0.29, 0.717) is 10.6 Å². The highest BCUT2D eigenvalue weighted by Gasteiger charge is 2.12. The molecule has 0 fully saturated rings. The van der Waals surface area contributed by atoms with Crippen LogP contribution in [0.5, 0.6) is 0 Å². The van der Waals surface area contributed by atoms with Crippen molar-refractivity contribution in [2.24, 2.45) is 0 Å². The van der Waals surface area contributed by atoms with E-state index in [-0.39, 0.29) is 17.9 Å². The number of nitrogens with one attached hydrogen (secondary N) is 1. The van der Waals surface area contributed by atoms with E-state index >= 15 is 0 Å². The lowest BCUT2D eigenvalue weighted by molar-refractivity contribution is 0.0901. The molecule has 0 saturated heterocycles. The van der Waals surface area contributed by atoms with Crippen LogP contribution < -0.4 is 5.32 Å². The molecule has 0 aliphatic rings. The van der Waals surface area contributed by atoms with Gasteiger partial charge in [-0.05, 0) is 36.4 Å². The monoisotopic (exact) mass is 291 g/mol. The normalized spacial score (nSPS) is 10.1. The SMILES string of the molecule is O=C(CNC(=O)c1ccccc1F)c1ccc(Cl)cc1. The molecule has 20 heavy (non-hydrogen) atoms. The summed E-state index contributed by atoms with van der Waals surface area (Å²) in [5.41, 5.74) is 0.347. The second kappa shape index (κ2) is 6.30. The Morgan fingerprint density at radius 1 is 1.05 bits per heavy atom. The van der Waals surface area contributed by atoms with E-state index in [1.807, 2.05) is 0 Å². The van der Waals surface area contributed by atoms with Gasteiger partial charge in [-0.25, -0.2) is 4.39 Å². The minimum Gasteiger partial charge on any atom is -0.344 e. The summed E-state index contributed by atoms with van der Waals surface area (Å²) in [4.78, 5) is 23.6. The molecule has 0 aliphatic heterocycles. The Bertz CT molecular complexity index is 641. The molecule has 0 atom stereocenters. The zero-order valence-corrected chi connectivity index (χ0v) is 11.2. The molecule has 1 N–H and O–H groups in total. The first-order chi connectivity index (χ1) is 9.58. The van der Waals surface area contributed by atoms with Crippen LogP contribution in [0, 0.1) is 5.82 Å². The van der Waals surface area contributed by atoms with Gasteiger partial charge in [0.15, 0.2) is 5.78 Å². The van der Waals surface area contributed by atoms with Crippen LogP contribution in [0.1, 0.15) is 20.7 Å². The van der Waals surface area contributed by atoms with Crippen molar-refractivity contribution in [2.75, 3.05) is 6.54 Å². The van der Waals surface area contributed by atoms with Gasteiger partial charge in [-0.2, -0.15) is 0 Å². The van der Waals surface area contributed by atoms with E-state index in [4.69, 9.17) is 11.6 Å². The van der Waals surface area contributed by atoms with Crippen molar-refractivity contribution in [3.05, 3.63) is 70.5 Å². The maximum Gasteiger partial charge on any atom is 0.254 e. The summed E-state index contributed by atoms with van der Waals surface area (Å²) >= 11 is 5.72. The molecule has 2 aromatic carbocycles. The highest BCUT2D eigenvalue weighted by molar-refractivity contribution is 6.30. The average Bonchev–Trinajstić information content (AvgIpc) is 2.45. The topological polar surface area (TPSA) is 46.2 Å². The molecule has 0 aliphatic carbocycles. The number of hydrogen-bond acceptors (Lipinski definition) is 2.